The van der Waals surface area contributed by atoms with Crippen LogP contribution in [0.2, 0.25) is 0 Å². The van der Waals surface area contributed by atoms with Crippen LogP contribution in [0.5, 0.6) is 0 Å². The van der Waals surface area contributed by atoms with E-state index in [1.165, 1.54) is 14.0 Å². The van der Waals surface area contributed by atoms with Crippen LogP contribution < -0.4 is 0 Å². The second kappa shape index (κ2) is 8.73. The van der Waals surface area contributed by atoms with Gasteiger partial charge in [-0.15, -0.1) is 0 Å². The molecule has 0 aromatic carbocycles. The lowest BCUT2D eigenvalue weighted by Crippen LogP contribution is -2.57. The molecule has 0 spiro atoms. The molecule has 2 N–H and O–H groups in total. The van der Waals surface area contributed by atoms with Crippen LogP contribution in [0.1, 0.15) is 52.9 Å². The number of hydrogen-bond acceptors (Lipinski definition) is 9. The summed E-state index contributed by atoms with van der Waals surface area (Å²) in [7, 11) is 1.49. The van der Waals surface area contributed by atoms with Gasteiger partial charge in [0.25, 0.3) is 0 Å². The molecule has 2 aliphatic heterocycles. The fourth-order valence-corrected chi connectivity index (χ4v) is 7.33. The monoisotopic (exact) mass is 501 g/mol. The highest BCUT2D eigenvalue weighted by atomic mass is 16.6. The molecule has 2 saturated heterocycles. The molecule has 36 heavy (non-hydrogen) atoms. The van der Waals surface area contributed by atoms with Crippen molar-refractivity contribution in [1.82, 2.24) is 4.90 Å². The largest absolute Gasteiger partial charge is 0.504 e. The van der Waals surface area contributed by atoms with E-state index in [0.29, 0.717) is 30.4 Å². The van der Waals surface area contributed by atoms with E-state index in [2.05, 4.69) is 0 Å². The minimum atomic E-state index is -1.17. The molecule has 0 aromatic rings. The van der Waals surface area contributed by atoms with Gasteiger partial charge in [0.2, 0.25) is 5.78 Å². The van der Waals surface area contributed by atoms with Crippen molar-refractivity contribution in [2.45, 2.75) is 71.2 Å². The first-order valence-corrected chi connectivity index (χ1v) is 12.8. The number of rotatable bonds is 4. The molecule has 2 heterocycles. The van der Waals surface area contributed by atoms with Crippen LogP contribution in [-0.4, -0.2) is 78.0 Å². The van der Waals surface area contributed by atoms with E-state index in [1.807, 2.05) is 18.7 Å². The number of esters is 2. The molecular weight excluding hydrogens is 466 g/mol. The number of Topliss-reactive ketones (excluding diaryl/α,β-unsaturated/α-hetero) is 1. The molecule has 3 aliphatic carbocycles. The van der Waals surface area contributed by atoms with Gasteiger partial charge in [0.15, 0.2) is 5.76 Å². The maximum absolute atomic E-state index is 13.9. The number of likely N-dealkylation sites (tertiary alicyclic amines) is 1. The summed E-state index contributed by atoms with van der Waals surface area (Å²) in [5.74, 6) is -2.51. The molecule has 196 valence electrons. The third-order valence-corrected chi connectivity index (χ3v) is 9.11. The Morgan fingerprint density at radius 1 is 1.22 bits per heavy atom. The van der Waals surface area contributed by atoms with Gasteiger partial charge in [-0.25, -0.2) is 4.79 Å². The molecule has 9 heteroatoms. The molecule has 6 atom stereocenters. The van der Waals surface area contributed by atoms with Gasteiger partial charge in [0, 0.05) is 49.9 Å². The zero-order valence-corrected chi connectivity index (χ0v) is 21.3. The fraction of sp³-hybridized carbons (Fsp3) is 0.667. The second-order valence-corrected chi connectivity index (χ2v) is 11.2. The topological polar surface area (TPSA) is 123 Å². The van der Waals surface area contributed by atoms with Crippen molar-refractivity contribution >= 4 is 17.7 Å². The van der Waals surface area contributed by atoms with Crippen LogP contribution >= 0.6 is 0 Å². The number of methoxy groups -OCH3 is 1. The lowest BCUT2D eigenvalue weighted by Gasteiger charge is -2.54. The number of ketones is 1. The third kappa shape index (κ3) is 3.46. The highest BCUT2D eigenvalue weighted by molar-refractivity contribution is 6.13. The summed E-state index contributed by atoms with van der Waals surface area (Å²) in [6, 6.07) is 0. The molecule has 0 aromatic heterocycles. The van der Waals surface area contributed by atoms with Crippen molar-refractivity contribution in [3.63, 3.8) is 0 Å². The number of nitrogens with zero attached hydrogens (tertiary/aromatic N) is 1. The van der Waals surface area contributed by atoms with Crippen LogP contribution in [0.25, 0.3) is 0 Å². The Morgan fingerprint density at radius 2 is 1.92 bits per heavy atom. The predicted octanol–water partition coefficient (Wildman–Crippen LogP) is 2.35. The van der Waals surface area contributed by atoms with Crippen LogP contribution in [0.4, 0.5) is 0 Å². The van der Waals surface area contributed by atoms with Gasteiger partial charge >= 0.3 is 11.9 Å². The lowest BCUT2D eigenvalue weighted by molar-refractivity contribution is -0.161. The summed E-state index contributed by atoms with van der Waals surface area (Å²) in [5, 5.41) is 22.4. The van der Waals surface area contributed by atoms with E-state index in [1.54, 1.807) is 6.20 Å². The zero-order chi connectivity index (χ0) is 26.0. The van der Waals surface area contributed by atoms with Gasteiger partial charge in [0.05, 0.1) is 23.7 Å². The zero-order valence-electron chi connectivity index (χ0n) is 21.3. The molecule has 0 radical (unpaired) electrons. The van der Waals surface area contributed by atoms with Gasteiger partial charge in [-0.05, 0) is 50.5 Å². The Labute approximate surface area is 210 Å². The SMILES string of the molecule is COCC1OC(=O)/C(=C/N2CCCC2)C2=C(O)C(=O)C3=C([C@H](OC(C)=O)C[C@]4(C)[C@@H](O)CC[C@@H]34)[C@]21C. The number of cyclic esters (lactones) is 1. The number of ether oxygens (including phenoxy) is 3. The first kappa shape index (κ1) is 25.0. The van der Waals surface area contributed by atoms with Crippen molar-refractivity contribution in [1.29, 1.82) is 0 Å². The number of aliphatic hydroxyl groups is 2. The third-order valence-electron chi connectivity index (χ3n) is 9.11. The number of carbonyl (C=O) groups is 3. The van der Waals surface area contributed by atoms with E-state index in [0.717, 1.165) is 25.9 Å². The first-order valence-electron chi connectivity index (χ1n) is 12.8. The summed E-state index contributed by atoms with van der Waals surface area (Å²) < 4.78 is 17.2. The Bertz CT molecular complexity index is 1100. The van der Waals surface area contributed by atoms with Crippen LogP contribution in [0, 0.1) is 16.7 Å². The Morgan fingerprint density at radius 3 is 2.56 bits per heavy atom. The molecule has 1 saturated carbocycles. The number of carbonyl (C=O) groups excluding carboxylic acids is 3. The quantitative estimate of drug-likeness (QED) is 0.441. The van der Waals surface area contributed by atoms with E-state index in [4.69, 9.17) is 14.2 Å². The minimum Gasteiger partial charge on any atom is -0.504 e. The summed E-state index contributed by atoms with van der Waals surface area (Å²) >= 11 is 0. The average molecular weight is 502 g/mol. The van der Waals surface area contributed by atoms with Crippen molar-refractivity contribution in [2.75, 3.05) is 26.8 Å². The van der Waals surface area contributed by atoms with E-state index in [-0.39, 0.29) is 23.7 Å². The van der Waals surface area contributed by atoms with E-state index in [9.17, 15) is 24.6 Å². The maximum Gasteiger partial charge on any atom is 0.340 e. The van der Waals surface area contributed by atoms with Gasteiger partial charge < -0.3 is 29.3 Å². The normalized spacial score (nSPS) is 39.2. The average Bonchev–Trinajstić information content (AvgIpc) is 3.42. The number of hydrogen-bond donors (Lipinski definition) is 2. The van der Waals surface area contributed by atoms with Gasteiger partial charge in [0.1, 0.15) is 12.2 Å². The van der Waals surface area contributed by atoms with Crippen LogP contribution in [-0.2, 0) is 28.6 Å². The molecular formula is C27H35NO8. The Kier molecular flexibility index (Phi) is 6.07. The lowest BCUT2D eigenvalue weighted by atomic mass is 9.53. The first-order chi connectivity index (χ1) is 17.0. The number of allylic oxidation sites excluding steroid dienone is 1. The van der Waals surface area contributed by atoms with Crippen molar-refractivity contribution < 1.29 is 38.8 Å². The van der Waals surface area contributed by atoms with Crippen molar-refractivity contribution in [3.05, 3.63) is 34.3 Å². The Balaban J connectivity index is 1.76. The minimum absolute atomic E-state index is 0.0261. The summed E-state index contributed by atoms with van der Waals surface area (Å²) in [5.41, 5.74) is -0.596. The smallest absolute Gasteiger partial charge is 0.340 e. The van der Waals surface area contributed by atoms with Crippen molar-refractivity contribution in [2.24, 2.45) is 16.7 Å². The molecule has 5 aliphatic rings. The molecule has 5 rings (SSSR count). The van der Waals surface area contributed by atoms with E-state index < -0.39 is 52.6 Å². The fourth-order valence-electron chi connectivity index (χ4n) is 7.33. The Hall–Kier alpha value is -2.65. The van der Waals surface area contributed by atoms with Gasteiger partial charge in [-0.3, -0.25) is 9.59 Å². The molecule has 0 amide bonds. The van der Waals surface area contributed by atoms with Gasteiger partial charge in [-0.1, -0.05) is 6.92 Å². The number of aliphatic hydroxyl groups excluding tert-OH is 2. The van der Waals surface area contributed by atoms with E-state index >= 15 is 0 Å². The highest BCUT2D eigenvalue weighted by Crippen LogP contribution is 2.63. The maximum atomic E-state index is 13.9. The second-order valence-electron chi connectivity index (χ2n) is 11.2. The summed E-state index contributed by atoms with van der Waals surface area (Å²) in [6.45, 7) is 6.61. The molecule has 0 bridgehead atoms. The molecule has 3 fully saturated rings. The van der Waals surface area contributed by atoms with Crippen LogP contribution in [0.3, 0.4) is 0 Å². The molecule has 9 nitrogen and oxygen atoms in total. The van der Waals surface area contributed by atoms with Gasteiger partial charge in [-0.2, -0.15) is 0 Å². The van der Waals surface area contributed by atoms with Crippen molar-refractivity contribution in [3.8, 4) is 0 Å². The summed E-state index contributed by atoms with van der Waals surface area (Å²) in [6.07, 6.45) is 2.70. The predicted molar refractivity (Wildman–Crippen MR) is 127 cm³/mol. The standard InChI is InChI=1S/C27H35NO8/c1-14(29)35-17-11-26(2)16(7-8-18(26)30)20-22(17)27(3)19(13-34-4)36-25(33)15(12-28-9-5-6-10-28)21(27)24(32)23(20)31/h12,16-19,30,32H,5-11,13H2,1-4H3/b15-12+/t16-,17+,18-,19?,26-,27-/m0/s1. The molecule has 1 unspecified atom stereocenters. The highest BCUT2D eigenvalue weighted by Gasteiger charge is 2.64. The summed E-state index contributed by atoms with van der Waals surface area (Å²) in [4.78, 5) is 41.4. The van der Waals surface area contributed by atoms with Crippen LogP contribution in [0.15, 0.2) is 34.3 Å². The number of fused-ring (bicyclic) bond motifs is 4.